The van der Waals surface area contributed by atoms with Gasteiger partial charge in [-0.05, 0) is 6.07 Å². The highest BCUT2D eigenvalue weighted by atomic mass is 19.4. The normalized spacial score (nSPS) is 10.4. The first-order chi connectivity index (χ1) is 7.79. The van der Waals surface area contributed by atoms with Gasteiger partial charge in [-0.25, -0.2) is 9.18 Å². The number of alkyl halides is 3. The Balaban J connectivity index is 0.000000325. The molecule has 17 heavy (non-hydrogen) atoms. The predicted molar refractivity (Wildman–Crippen MR) is 51.1 cm³/mol. The molecule has 0 heterocycles. The second-order valence-corrected chi connectivity index (χ2v) is 2.78. The van der Waals surface area contributed by atoms with Gasteiger partial charge in [-0.1, -0.05) is 18.2 Å². The van der Waals surface area contributed by atoms with Gasteiger partial charge in [0, 0.05) is 12.1 Å². The zero-order valence-electron chi connectivity index (χ0n) is 8.46. The molecule has 0 aromatic heterocycles. The summed E-state index contributed by atoms with van der Waals surface area (Å²) in [6.07, 6.45) is -5.08. The minimum Gasteiger partial charge on any atom is -0.475 e. The third-order valence-corrected chi connectivity index (χ3v) is 1.49. The Morgan fingerprint density at radius 3 is 2.18 bits per heavy atom. The molecule has 4 nitrogen and oxygen atoms in total. The van der Waals surface area contributed by atoms with Gasteiger partial charge < -0.3 is 5.11 Å². The molecule has 96 valence electrons. The van der Waals surface area contributed by atoms with E-state index in [0.29, 0.717) is 12.1 Å². The summed E-state index contributed by atoms with van der Waals surface area (Å²) in [7, 11) is 0. The van der Waals surface area contributed by atoms with Crippen molar-refractivity contribution in [2.24, 2.45) is 5.84 Å². The number of hydrogen-bond acceptors (Lipinski definition) is 3. The van der Waals surface area contributed by atoms with Gasteiger partial charge in [0.1, 0.15) is 5.82 Å². The summed E-state index contributed by atoms with van der Waals surface area (Å²) in [6, 6.07) is 6.52. The first kappa shape index (κ1) is 15.3. The number of carboxylic acids is 1. The number of aliphatic carboxylic acids is 1. The monoisotopic (exact) mass is 254 g/mol. The molecule has 0 radical (unpaired) electrons. The van der Waals surface area contributed by atoms with E-state index in [0.717, 1.165) is 0 Å². The van der Waals surface area contributed by atoms with E-state index in [4.69, 9.17) is 15.7 Å². The van der Waals surface area contributed by atoms with Crippen LogP contribution in [0.1, 0.15) is 5.56 Å². The molecule has 1 aromatic carbocycles. The predicted octanol–water partition coefficient (Wildman–Crippen LogP) is 1.42. The fourth-order valence-corrected chi connectivity index (χ4v) is 0.752. The molecule has 0 amide bonds. The van der Waals surface area contributed by atoms with Crippen LogP contribution in [0.2, 0.25) is 0 Å². The van der Waals surface area contributed by atoms with Crippen LogP contribution in [0.5, 0.6) is 0 Å². The summed E-state index contributed by atoms with van der Waals surface area (Å²) >= 11 is 0. The van der Waals surface area contributed by atoms with Crippen LogP contribution in [0, 0.1) is 5.82 Å². The Morgan fingerprint density at radius 1 is 1.35 bits per heavy atom. The molecule has 0 fully saturated rings. The average Bonchev–Trinajstić information content (AvgIpc) is 2.21. The van der Waals surface area contributed by atoms with Crippen molar-refractivity contribution in [3.05, 3.63) is 35.6 Å². The molecule has 0 unspecified atom stereocenters. The van der Waals surface area contributed by atoms with Crippen LogP contribution < -0.4 is 11.3 Å². The van der Waals surface area contributed by atoms with E-state index < -0.39 is 12.1 Å². The van der Waals surface area contributed by atoms with Crippen LogP contribution in [-0.4, -0.2) is 17.3 Å². The summed E-state index contributed by atoms with van der Waals surface area (Å²) in [5.74, 6) is 2.03. The fourth-order valence-electron chi connectivity index (χ4n) is 0.752. The van der Waals surface area contributed by atoms with E-state index in [-0.39, 0.29) is 5.82 Å². The van der Waals surface area contributed by atoms with Crippen molar-refractivity contribution in [2.75, 3.05) is 0 Å². The first-order valence-corrected chi connectivity index (χ1v) is 4.26. The topological polar surface area (TPSA) is 75.3 Å². The van der Waals surface area contributed by atoms with Crippen molar-refractivity contribution in [1.82, 2.24) is 5.43 Å². The van der Waals surface area contributed by atoms with Gasteiger partial charge in [-0.2, -0.15) is 13.2 Å². The molecule has 1 rings (SSSR count). The van der Waals surface area contributed by atoms with E-state index in [2.05, 4.69) is 5.43 Å². The molecule has 0 atom stereocenters. The Kier molecular flexibility index (Phi) is 6.15. The third kappa shape index (κ3) is 6.48. The van der Waals surface area contributed by atoms with Gasteiger partial charge >= 0.3 is 12.1 Å². The maximum atomic E-state index is 12.7. The smallest absolute Gasteiger partial charge is 0.475 e. The minimum atomic E-state index is -5.08. The molecule has 0 saturated carbocycles. The Hall–Kier alpha value is -1.67. The SMILES string of the molecule is NNCc1ccccc1F.O=C(O)C(F)(F)F. The second-order valence-electron chi connectivity index (χ2n) is 2.78. The van der Waals surface area contributed by atoms with E-state index in [1.54, 1.807) is 18.2 Å². The van der Waals surface area contributed by atoms with Crippen LogP contribution in [0.15, 0.2) is 24.3 Å². The lowest BCUT2D eigenvalue weighted by molar-refractivity contribution is -0.192. The van der Waals surface area contributed by atoms with E-state index in [1.165, 1.54) is 6.07 Å². The standard InChI is InChI=1S/C7H9FN2.C2HF3O2/c8-7-4-2-1-3-6(7)5-10-9;3-2(4,5)1(6)7/h1-4,10H,5,9H2;(H,6,7). The van der Waals surface area contributed by atoms with Crippen LogP contribution >= 0.6 is 0 Å². The lowest BCUT2D eigenvalue weighted by Crippen LogP contribution is -2.21. The molecule has 0 spiro atoms. The molecular formula is C9H10F4N2O2. The van der Waals surface area contributed by atoms with Gasteiger partial charge in [-0.3, -0.25) is 11.3 Å². The van der Waals surface area contributed by atoms with Crippen molar-refractivity contribution in [3.63, 3.8) is 0 Å². The van der Waals surface area contributed by atoms with Gasteiger partial charge in [0.15, 0.2) is 0 Å². The fraction of sp³-hybridized carbons (Fsp3) is 0.222. The Bertz CT molecular complexity index is 368. The summed E-state index contributed by atoms with van der Waals surface area (Å²) in [4.78, 5) is 8.90. The average molecular weight is 254 g/mol. The van der Waals surface area contributed by atoms with Gasteiger partial charge in [0.25, 0.3) is 0 Å². The molecule has 0 aliphatic rings. The zero-order chi connectivity index (χ0) is 13.5. The molecule has 4 N–H and O–H groups in total. The Labute approximate surface area is 94.0 Å². The minimum absolute atomic E-state index is 0.222. The highest BCUT2D eigenvalue weighted by Gasteiger charge is 2.38. The number of carbonyl (C=O) groups is 1. The van der Waals surface area contributed by atoms with Gasteiger partial charge in [0.2, 0.25) is 0 Å². The molecule has 0 bridgehead atoms. The first-order valence-electron chi connectivity index (χ1n) is 4.26. The summed E-state index contributed by atoms with van der Waals surface area (Å²) in [5, 5.41) is 7.12. The van der Waals surface area contributed by atoms with Crippen LogP contribution in [0.3, 0.4) is 0 Å². The van der Waals surface area contributed by atoms with Crippen molar-refractivity contribution in [2.45, 2.75) is 12.7 Å². The van der Waals surface area contributed by atoms with Crippen molar-refractivity contribution < 1.29 is 27.5 Å². The molecule has 0 aliphatic heterocycles. The number of carboxylic acid groups (broad SMARTS) is 1. The molecule has 1 aromatic rings. The van der Waals surface area contributed by atoms with E-state index in [9.17, 15) is 17.6 Å². The number of hydrazine groups is 1. The van der Waals surface area contributed by atoms with Crippen LogP contribution in [0.25, 0.3) is 0 Å². The van der Waals surface area contributed by atoms with Crippen molar-refractivity contribution in [1.29, 1.82) is 0 Å². The number of halogens is 4. The number of nitrogens with one attached hydrogen (secondary N) is 1. The number of hydrogen-bond donors (Lipinski definition) is 3. The summed E-state index contributed by atoms with van der Waals surface area (Å²) in [5.41, 5.74) is 2.97. The molecule has 8 heteroatoms. The van der Waals surface area contributed by atoms with Crippen LogP contribution in [-0.2, 0) is 11.3 Å². The molecular weight excluding hydrogens is 244 g/mol. The van der Waals surface area contributed by atoms with Gasteiger partial charge in [0.05, 0.1) is 0 Å². The number of nitrogens with two attached hydrogens (primary N) is 1. The van der Waals surface area contributed by atoms with Crippen molar-refractivity contribution in [3.8, 4) is 0 Å². The molecule has 0 saturated heterocycles. The Morgan fingerprint density at radius 2 is 1.82 bits per heavy atom. The van der Waals surface area contributed by atoms with E-state index in [1.807, 2.05) is 0 Å². The second kappa shape index (κ2) is 6.81. The summed E-state index contributed by atoms with van der Waals surface area (Å²) < 4.78 is 44.4. The number of rotatable bonds is 2. The van der Waals surface area contributed by atoms with Gasteiger partial charge in [-0.15, -0.1) is 0 Å². The lowest BCUT2D eigenvalue weighted by Gasteiger charge is -1.99. The maximum absolute atomic E-state index is 12.7. The maximum Gasteiger partial charge on any atom is 0.490 e. The number of benzene rings is 1. The highest BCUT2D eigenvalue weighted by molar-refractivity contribution is 5.73. The lowest BCUT2D eigenvalue weighted by atomic mass is 10.2. The van der Waals surface area contributed by atoms with Crippen LogP contribution in [0.4, 0.5) is 17.6 Å². The summed E-state index contributed by atoms with van der Waals surface area (Å²) in [6.45, 7) is 0.368. The quantitative estimate of drug-likeness (QED) is 0.424. The largest absolute Gasteiger partial charge is 0.490 e. The van der Waals surface area contributed by atoms with E-state index >= 15 is 0 Å². The third-order valence-electron chi connectivity index (χ3n) is 1.49. The highest BCUT2D eigenvalue weighted by Crippen LogP contribution is 2.13. The van der Waals surface area contributed by atoms with Crippen molar-refractivity contribution >= 4 is 5.97 Å². The zero-order valence-corrected chi connectivity index (χ0v) is 8.46. The molecule has 0 aliphatic carbocycles.